The molecule has 1 unspecified atom stereocenters. The summed E-state index contributed by atoms with van der Waals surface area (Å²) in [7, 11) is 0. The van der Waals surface area contributed by atoms with Crippen LogP contribution in [-0.4, -0.2) is 18.8 Å². The highest BCUT2D eigenvalue weighted by atomic mass is 35.5. The van der Waals surface area contributed by atoms with Gasteiger partial charge in [-0.1, -0.05) is 46.6 Å². The predicted octanol–water partition coefficient (Wildman–Crippen LogP) is 4.23. The second-order valence-electron chi connectivity index (χ2n) is 5.27. The van der Waals surface area contributed by atoms with Crippen LogP contribution in [0.15, 0.2) is 47.6 Å². The van der Waals surface area contributed by atoms with Crippen molar-refractivity contribution >= 4 is 34.6 Å². The molecular weight excluding hydrogens is 333 g/mol. The lowest BCUT2D eigenvalue weighted by Gasteiger charge is -2.11. The fourth-order valence-electron chi connectivity index (χ4n) is 2.54. The van der Waals surface area contributed by atoms with E-state index >= 15 is 0 Å². The van der Waals surface area contributed by atoms with Gasteiger partial charge in [0, 0.05) is 30.8 Å². The van der Waals surface area contributed by atoms with Crippen LogP contribution in [0, 0.1) is 0 Å². The molecule has 120 valence electrons. The van der Waals surface area contributed by atoms with Gasteiger partial charge in [-0.05, 0) is 29.8 Å². The molecule has 0 saturated carbocycles. The largest absolute Gasteiger partial charge is 0.387 e. The van der Waals surface area contributed by atoms with E-state index in [4.69, 9.17) is 33.8 Å². The maximum absolute atomic E-state index is 6.24. The molecule has 0 aliphatic carbocycles. The average molecular weight is 350 g/mol. The van der Waals surface area contributed by atoms with Crippen LogP contribution in [-0.2, 0) is 4.84 Å². The summed E-state index contributed by atoms with van der Waals surface area (Å²) in [6.07, 6.45) is 0.487. The highest BCUT2D eigenvalue weighted by Gasteiger charge is 2.26. The smallest absolute Gasteiger partial charge is 0.158 e. The molecule has 2 aromatic carbocycles. The zero-order valence-electron chi connectivity index (χ0n) is 12.4. The van der Waals surface area contributed by atoms with Crippen molar-refractivity contribution in [1.29, 1.82) is 0 Å². The molecule has 3 N–H and O–H groups in total. The lowest BCUT2D eigenvalue weighted by molar-refractivity contribution is 0.0858. The van der Waals surface area contributed by atoms with Crippen molar-refractivity contribution in [3.63, 3.8) is 0 Å². The molecule has 1 aliphatic heterocycles. The third kappa shape index (κ3) is 3.61. The Hall–Kier alpha value is -1.75. The van der Waals surface area contributed by atoms with Gasteiger partial charge in [0.25, 0.3) is 0 Å². The third-order valence-electron chi connectivity index (χ3n) is 3.65. The molecule has 4 nitrogen and oxygen atoms in total. The van der Waals surface area contributed by atoms with Crippen LogP contribution >= 0.6 is 23.2 Å². The van der Waals surface area contributed by atoms with Crippen molar-refractivity contribution in [3.8, 4) is 0 Å². The Kier molecular flexibility index (Phi) is 5.06. The van der Waals surface area contributed by atoms with Crippen molar-refractivity contribution in [2.45, 2.75) is 12.5 Å². The highest BCUT2D eigenvalue weighted by Crippen LogP contribution is 2.35. The molecule has 23 heavy (non-hydrogen) atoms. The molecule has 1 aliphatic rings. The van der Waals surface area contributed by atoms with Crippen LogP contribution in [0.5, 0.6) is 0 Å². The molecule has 0 fully saturated rings. The van der Waals surface area contributed by atoms with Crippen molar-refractivity contribution < 1.29 is 4.84 Å². The molecule has 3 rings (SSSR count). The van der Waals surface area contributed by atoms with E-state index in [0.717, 1.165) is 29.1 Å². The summed E-state index contributed by atoms with van der Waals surface area (Å²) < 4.78 is 0. The van der Waals surface area contributed by atoms with E-state index in [9.17, 15) is 0 Å². The molecule has 0 amide bonds. The number of anilines is 1. The lowest BCUT2D eigenvalue weighted by atomic mass is 10.00. The minimum absolute atomic E-state index is 0.142. The normalized spacial score (nSPS) is 16.8. The lowest BCUT2D eigenvalue weighted by Crippen LogP contribution is -2.13. The van der Waals surface area contributed by atoms with E-state index in [1.165, 1.54) is 0 Å². The van der Waals surface area contributed by atoms with Crippen LogP contribution in [0.4, 0.5) is 5.69 Å². The summed E-state index contributed by atoms with van der Waals surface area (Å²) in [6, 6.07) is 13.5. The Morgan fingerprint density at radius 3 is 2.65 bits per heavy atom. The fraction of sp³-hybridized carbons (Fsp3) is 0.235. The van der Waals surface area contributed by atoms with Crippen LogP contribution < -0.4 is 11.1 Å². The fourth-order valence-corrected chi connectivity index (χ4v) is 3.16. The number of oxime groups is 1. The van der Waals surface area contributed by atoms with Gasteiger partial charge >= 0.3 is 0 Å². The Balaban J connectivity index is 1.77. The monoisotopic (exact) mass is 349 g/mol. The number of benzene rings is 2. The van der Waals surface area contributed by atoms with E-state index in [1.807, 2.05) is 30.3 Å². The zero-order valence-corrected chi connectivity index (χ0v) is 13.9. The van der Waals surface area contributed by atoms with Gasteiger partial charge in [-0.25, -0.2) is 0 Å². The number of hydrogen-bond acceptors (Lipinski definition) is 4. The summed E-state index contributed by atoms with van der Waals surface area (Å²) in [5.41, 5.74) is 9.10. The van der Waals surface area contributed by atoms with Gasteiger partial charge in [0.15, 0.2) is 6.10 Å². The van der Waals surface area contributed by atoms with E-state index in [0.29, 0.717) is 23.0 Å². The molecular formula is C17H17Cl2N3O. The quantitative estimate of drug-likeness (QED) is 0.848. The standard InChI is InChI=1S/C17H17Cl2N3O/c18-13-5-2-6-14(19)17(13)15-10-16(23-22-15)11-3-1-4-12(9-11)21-8-7-20/h1-6,9,16,21H,7-8,10,20H2. The first-order valence-corrected chi connectivity index (χ1v) is 8.15. The van der Waals surface area contributed by atoms with E-state index in [2.05, 4.69) is 10.5 Å². The maximum Gasteiger partial charge on any atom is 0.158 e. The Bertz CT molecular complexity index is 713. The van der Waals surface area contributed by atoms with Gasteiger partial charge < -0.3 is 15.9 Å². The van der Waals surface area contributed by atoms with Crippen LogP contribution in [0.1, 0.15) is 23.7 Å². The topological polar surface area (TPSA) is 59.6 Å². The summed E-state index contributed by atoms with van der Waals surface area (Å²) in [6.45, 7) is 1.31. The van der Waals surface area contributed by atoms with Gasteiger partial charge in [0.1, 0.15) is 0 Å². The number of nitrogens with two attached hydrogens (primary N) is 1. The summed E-state index contributed by atoms with van der Waals surface area (Å²) in [4.78, 5) is 5.59. The summed E-state index contributed by atoms with van der Waals surface area (Å²) >= 11 is 12.5. The molecule has 0 radical (unpaired) electrons. The van der Waals surface area contributed by atoms with Crippen LogP contribution in [0.25, 0.3) is 0 Å². The summed E-state index contributed by atoms with van der Waals surface area (Å²) in [5.74, 6) is 0. The van der Waals surface area contributed by atoms with Gasteiger partial charge in [-0.15, -0.1) is 0 Å². The van der Waals surface area contributed by atoms with Gasteiger partial charge in [-0.2, -0.15) is 0 Å². The Labute approximate surface area is 145 Å². The molecule has 0 saturated heterocycles. The molecule has 0 bridgehead atoms. The summed E-state index contributed by atoms with van der Waals surface area (Å²) in [5, 5.41) is 8.61. The van der Waals surface area contributed by atoms with Crippen molar-refractivity contribution in [1.82, 2.24) is 0 Å². The highest BCUT2D eigenvalue weighted by molar-refractivity contribution is 6.40. The first-order chi connectivity index (χ1) is 11.2. The Morgan fingerprint density at radius 2 is 1.91 bits per heavy atom. The zero-order chi connectivity index (χ0) is 16.2. The first kappa shape index (κ1) is 16.1. The Morgan fingerprint density at radius 1 is 1.17 bits per heavy atom. The van der Waals surface area contributed by atoms with Crippen LogP contribution in [0.2, 0.25) is 10.0 Å². The first-order valence-electron chi connectivity index (χ1n) is 7.40. The molecule has 0 aromatic heterocycles. The molecule has 0 spiro atoms. The third-order valence-corrected chi connectivity index (χ3v) is 4.28. The van der Waals surface area contributed by atoms with Crippen molar-refractivity contribution in [2.24, 2.45) is 10.9 Å². The molecule has 2 aromatic rings. The number of halogens is 2. The van der Waals surface area contributed by atoms with Gasteiger partial charge in [0.2, 0.25) is 0 Å². The SMILES string of the molecule is NCCNc1cccc(C2CC(c3c(Cl)cccc3Cl)=NO2)c1. The number of rotatable bonds is 5. The number of nitrogens with one attached hydrogen (secondary N) is 1. The molecule has 6 heteroatoms. The second kappa shape index (κ2) is 7.21. The van der Waals surface area contributed by atoms with E-state index < -0.39 is 0 Å². The van der Waals surface area contributed by atoms with Gasteiger partial charge in [-0.3, -0.25) is 0 Å². The van der Waals surface area contributed by atoms with E-state index in [1.54, 1.807) is 12.1 Å². The minimum atomic E-state index is -0.142. The van der Waals surface area contributed by atoms with E-state index in [-0.39, 0.29) is 6.10 Å². The van der Waals surface area contributed by atoms with Crippen molar-refractivity contribution in [2.75, 3.05) is 18.4 Å². The number of hydrogen-bond donors (Lipinski definition) is 2. The molecule has 1 atom stereocenters. The molecule has 1 heterocycles. The van der Waals surface area contributed by atoms with Gasteiger partial charge in [0.05, 0.1) is 15.8 Å². The predicted molar refractivity (Wildman–Crippen MR) is 95.4 cm³/mol. The van der Waals surface area contributed by atoms with Crippen molar-refractivity contribution in [3.05, 3.63) is 63.6 Å². The number of nitrogens with zero attached hydrogens (tertiary/aromatic N) is 1. The minimum Gasteiger partial charge on any atom is -0.387 e. The van der Waals surface area contributed by atoms with Crippen LogP contribution in [0.3, 0.4) is 0 Å². The second-order valence-corrected chi connectivity index (χ2v) is 6.09. The maximum atomic E-state index is 6.24. The average Bonchev–Trinajstić information content (AvgIpc) is 3.03.